The molecule has 0 spiro atoms. The van der Waals surface area contributed by atoms with Gasteiger partial charge in [0.05, 0.1) is 13.7 Å². The Labute approximate surface area is 165 Å². The van der Waals surface area contributed by atoms with Gasteiger partial charge in [0.25, 0.3) is 0 Å². The van der Waals surface area contributed by atoms with Crippen LogP contribution in [0.4, 0.5) is 4.39 Å². The number of hydrogen-bond donors (Lipinski definition) is 1. The molecule has 6 heteroatoms. The first-order valence-corrected chi connectivity index (χ1v) is 9.23. The zero-order valence-electron chi connectivity index (χ0n) is 16.3. The number of fused-ring (bicyclic) bond motifs is 1. The third-order valence-electron chi connectivity index (χ3n) is 4.35. The summed E-state index contributed by atoms with van der Waals surface area (Å²) in [5.41, 5.74) is 3.63. The van der Waals surface area contributed by atoms with Crippen LogP contribution in [-0.4, -0.2) is 27.1 Å². The molecule has 0 aromatic heterocycles. The number of ether oxygens (including phenoxy) is 4. The minimum atomic E-state index is -0.266. The van der Waals surface area contributed by atoms with Crippen LogP contribution in [0, 0.1) is 5.82 Å². The molecule has 5 nitrogen and oxygen atoms in total. The molecule has 3 rings (SSSR count). The maximum absolute atomic E-state index is 13.8. The Morgan fingerprint density at radius 3 is 2.89 bits per heavy atom. The molecule has 0 amide bonds. The van der Waals surface area contributed by atoms with E-state index in [2.05, 4.69) is 11.9 Å². The van der Waals surface area contributed by atoms with Gasteiger partial charge >= 0.3 is 0 Å². The van der Waals surface area contributed by atoms with Crippen LogP contribution < -0.4 is 19.5 Å². The highest BCUT2D eigenvalue weighted by Crippen LogP contribution is 2.30. The Kier molecular flexibility index (Phi) is 6.90. The van der Waals surface area contributed by atoms with Crippen molar-refractivity contribution >= 4 is 0 Å². The third-order valence-corrected chi connectivity index (χ3v) is 4.35. The van der Waals surface area contributed by atoms with Gasteiger partial charge in [-0.2, -0.15) is 0 Å². The molecule has 0 atom stereocenters. The number of rotatable bonds is 9. The van der Waals surface area contributed by atoms with E-state index >= 15 is 0 Å². The van der Waals surface area contributed by atoms with Crippen LogP contribution in [0.2, 0.25) is 0 Å². The van der Waals surface area contributed by atoms with E-state index in [1.165, 1.54) is 12.1 Å². The van der Waals surface area contributed by atoms with Crippen LogP contribution in [0.3, 0.4) is 0 Å². The van der Waals surface area contributed by atoms with Gasteiger partial charge in [0.2, 0.25) is 0 Å². The lowest BCUT2D eigenvalue weighted by molar-refractivity contribution is -0.0172. The monoisotopic (exact) mass is 387 g/mol. The Morgan fingerprint density at radius 2 is 2.11 bits per heavy atom. The maximum Gasteiger partial charge on any atom is 0.189 e. The van der Waals surface area contributed by atoms with Gasteiger partial charge < -0.3 is 24.3 Å². The average Bonchev–Trinajstić information content (AvgIpc) is 2.69. The standard InChI is InChI=1S/C22H26FNO4/c1-15(2)12-27-21-8-16(4-5-20(21)25-3)11-24-7-6-17-9-19(23)10-18-13-26-14-28-22(17)18/h4-5,8-10,24H,1,6-7,11-14H2,2-3H3. The van der Waals surface area contributed by atoms with E-state index in [9.17, 15) is 4.39 Å². The summed E-state index contributed by atoms with van der Waals surface area (Å²) in [6.07, 6.45) is 0.662. The van der Waals surface area contributed by atoms with Crippen LogP contribution in [-0.2, 0) is 24.3 Å². The lowest BCUT2D eigenvalue weighted by atomic mass is 10.1. The molecule has 0 radical (unpaired) electrons. The van der Waals surface area contributed by atoms with Crippen LogP contribution in [0.25, 0.3) is 0 Å². The van der Waals surface area contributed by atoms with Gasteiger partial charge in [-0.15, -0.1) is 0 Å². The quantitative estimate of drug-likeness (QED) is 0.521. The van der Waals surface area contributed by atoms with Crippen molar-refractivity contribution in [1.82, 2.24) is 5.32 Å². The maximum atomic E-state index is 13.8. The summed E-state index contributed by atoms with van der Waals surface area (Å²) in [6.45, 7) is 8.15. The molecule has 0 unspecified atom stereocenters. The van der Waals surface area contributed by atoms with Crippen molar-refractivity contribution in [3.05, 3.63) is 65.0 Å². The summed E-state index contributed by atoms with van der Waals surface area (Å²) in [5.74, 6) is 1.86. The van der Waals surface area contributed by atoms with Crippen molar-refractivity contribution < 1.29 is 23.3 Å². The topological polar surface area (TPSA) is 49.0 Å². The van der Waals surface area contributed by atoms with Gasteiger partial charge in [0.1, 0.15) is 18.2 Å². The highest BCUT2D eigenvalue weighted by atomic mass is 19.1. The molecule has 1 aliphatic rings. The zero-order valence-corrected chi connectivity index (χ0v) is 16.3. The molecule has 0 bridgehead atoms. The lowest BCUT2D eigenvalue weighted by Crippen LogP contribution is -2.19. The summed E-state index contributed by atoms with van der Waals surface area (Å²) in [6, 6.07) is 8.84. The van der Waals surface area contributed by atoms with Crippen LogP contribution in [0.5, 0.6) is 17.2 Å². The summed E-state index contributed by atoms with van der Waals surface area (Å²) in [4.78, 5) is 0. The zero-order chi connectivity index (χ0) is 19.9. The number of halogens is 1. The van der Waals surface area contributed by atoms with Crippen molar-refractivity contribution in [1.29, 1.82) is 0 Å². The molecule has 28 heavy (non-hydrogen) atoms. The fraction of sp³-hybridized carbons (Fsp3) is 0.364. The minimum absolute atomic E-state index is 0.206. The highest BCUT2D eigenvalue weighted by Gasteiger charge is 2.16. The predicted octanol–water partition coefficient (Wildman–Crippen LogP) is 3.99. The van der Waals surface area contributed by atoms with E-state index in [0.29, 0.717) is 44.2 Å². The van der Waals surface area contributed by atoms with Gasteiger partial charge in [-0.05, 0) is 60.9 Å². The van der Waals surface area contributed by atoms with E-state index in [1.807, 2.05) is 25.1 Å². The second-order valence-corrected chi connectivity index (χ2v) is 6.82. The van der Waals surface area contributed by atoms with Gasteiger partial charge in [-0.3, -0.25) is 0 Å². The SMILES string of the molecule is C=C(C)COc1cc(CNCCc2cc(F)cc3c2OCOC3)ccc1OC. The van der Waals surface area contributed by atoms with E-state index in [-0.39, 0.29) is 12.6 Å². The molecule has 0 saturated heterocycles. The minimum Gasteiger partial charge on any atom is -0.493 e. The largest absolute Gasteiger partial charge is 0.493 e. The molecule has 1 N–H and O–H groups in total. The van der Waals surface area contributed by atoms with Gasteiger partial charge in [-0.25, -0.2) is 4.39 Å². The molecule has 2 aromatic rings. The van der Waals surface area contributed by atoms with E-state index in [4.69, 9.17) is 18.9 Å². The predicted molar refractivity (Wildman–Crippen MR) is 105 cm³/mol. The fourth-order valence-corrected chi connectivity index (χ4v) is 3.04. The van der Waals surface area contributed by atoms with Crippen molar-refractivity contribution in [3.8, 4) is 17.2 Å². The Hall–Kier alpha value is -2.57. The summed E-state index contributed by atoms with van der Waals surface area (Å²) in [7, 11) is 1.62. The van der Waals surface area contributed by atoms with Crippen LogP contribution >= 0.6 is 0 Å². The second-order valence-electron chi connectivity index (χ2n) is 6.82. The van der Waals surface area contributed by atoms with Gasteiger partial charge in [0.15, 0.2) is 18.3 Å². The van der Waals surface area contributed by atoms with E-state index in [0.717, 1.165) is 28.0 Å². The summed E-state index contributed by atoms with van der Waals surface area (Å²) in [5, 5.41) is 3.38. The number of methoxy groups -OCH3 is 1. The smallest absolute Gasteiger partial charge is 0.189 e. The molecular weight excluding hydrogens is 361 g/mol. The number of hydrogen-bond acceptors (Lipinski definition) is 5. The molecule has 2 aromatic carbocycles. The molecule has 0 aliphatic carbocycles. The lowest BCUT2D eigenvalue weighted by Gasteiger charge is -2.21. The second kappa shape index (κ2) is 9.57. The normalized spacial score (nSPS) is 12.8. The van der Waals surface area contributed by atoms with E-state index < -0.39 is 0 Å². The molecule has 0 fully saturated rings. The number of nitrogens with one attached hydrogen (secondary N) is 1. The first-order valence-electron chi connectivity index (χ1n) is 9.23. The van der Waals surface area contributed by atoms with Crippen LogP contribution in [0.1, 0.15) is 23.6 Å². The number of benzene rings is 2. The average molecular weight is 387 g/mol. The van der Waals surface area contributed by atoms with Crippen molar-refractivity contribution in [2.75, 3.05) is 27.1 Å². The molecule has 150 valence electrons. The van der Waals surface area contributed by atoms with E-state index in [1.54, 1.807) is 7.11 Å². The van der Waals surface area contributed by atoms with Crippen LogP contribution in [0.15, 0.2) is 42.5 Å². The highest BCUT2D eigenvalue weighted by molar-refractivity contribution is 5.44. The molecule has 1 heterocycles. The van der Waals surface area contributed by atoms with Crippen molar-refractivity contribution in [2.45, 2.75) is 26.5 Å². The Bertz CT molecular complexity index is 838. The fourth-order valence-electron chi connectivity index (χ4n) is 3.04. The molecule has 1 aliphatic heterocycles. The Morgan fingerprint density at radius 1 is 1.25 bits per heavy atom. The van der Waals surface area contributed by atoms with Gasteiger partial charge in [0, 0.05) is 12.1 Å². The molecule has 0 saturated carbocycles. The molecular formula is C22H26FNO4. The first-order chi connectivity index (χ1) is 13.6. The summed E-state index contributed by atoms with van der Waals surface area (Å²) < 4.78 is 35.7. The summed E-state index contributed by atoms with van der Waals surface area (Å²) >= 11 is 0. The third kappa shape index (κ3) is 5.24. The van der Waals surface area contributed by atoms with Gasteiger partial charge in [-0.1, -0.05) is 12.6 Å². The Balaban J connectivity index is 1.57. The van der Waals surface area contributed by atoms with Crippen molar-refractivity contribution in [2.24, 2.45) is 0 Å². The van der Waals surface area contributed by atoms with Crippen molar-refractivity contribution in [3.63, 3.8) is 0 Å². The first kappa shape index (κ1) is 20.2.